The molecule has 2 aromatic carbocycles. The average molecular weight is 693 g/mol. The fourth-order valence-electron chi connectivity index (χ4n) is 6.54. The van der Waals surface area contributed by atoms with Gasteiger partial charge in [-0.25, -0.2) is 0 Å². The van der Waals surface area contributed by atoms with Gasteiger partial charge < -0.3 is 0 Å². The van der Waals surface area contributed by atoms with Gasteiger partial charge in [-0.2, -0.15) is 0 Å². The van der Waals surface area contributed by atoms with Crippen molar-refractivity contribution in [1.82, 2.24) is 4.31 Å². The van der Waals surface area contributed by atoms with E-state index in [1.165, 1.54) is 8.87 Å². The molecule has 0 amide bonds. The van der Waals surface area contributed by atoms with E-state index in [9.17, 15) is 13.2 Å². The Morgan fingerprint density at radius 3 is 2.12 bits per heavy atom. The molecule has 4 rings (SSSR count). The zero-order chi connectivity index (χ0) is 29.3. The van der Waals surface area contributed by atoms with Crippen LogP contribution in [0.15, 0.2) is 63.1 Å². The molecule has 2 aliphatic rings. The number of sulfonamides is 1. The van der Waals surface area contributed by atoms with E-state index >= 15 is 0 Å². The Hall–Kier alpha value is -1.35. The Balaban J connectivity index is 1.95. The van der Waals surface area contributed by atoms with Crippen molar-refractivity contribution in [3.05, 3.63) is 74.3 Å². The summed E-state index contributed by atoms with van der Waals surface area (Å²) in [6.45, 7) is 12.2. The first-order valence-corrected chi connectivity index (χ1v) is 24.1. The van der Waals surface area contributed by atoms with Crippen molar-refractivity contribution >= 4 is 46.0 Å². The summed E-state index contributed by atoms with van der Waals surface area (Å²) in [7, 11) is -3.92. The topological polar surface area (TPSA) is 63.7 Å². The van der Waals surface area contributed by atoms with Crippen molar-refractivity contribution in [2.75, 3.05) is 6.54 Å². The van der Waals surface area contributed by atoms with Crippen LogP contribution in [0, 0.1) is 12.3 Å². The van der Waals surface area contributed by atoms with Gasteiger partial charge in [-0.15, -0.1) is 0 Å². The van der Waals surface area contributed by atoms with Crippen LogP contribution in [-0.4, -0.2) is 49.2 Å². The van der Waals surface area contributed by atoms with Crippen molar-refractivity contribution < 1.29 is 17.9 Å². The molecule has 2 heterocycles. The summed E-state index contributed by atoms with van der Waals surface area (Å²) >= 11 is 3.27. The molecule has 8 heteroatoms. The number of fused-ring (bicyclic) bond motifs is 1. The first-order chi connectivity index (χ1) is 18.8. The molecule has 1 fully saturated rings. The molecule has 2 aliphatic heterocycles. The number of hydrogen-bond acceptors (Lipinski definition) is 4. The Morgan fingerprint density at radius 1 is 1.02 bits per heavy atom. The van der Waals surface area contributed by atoms with Gasteiger partial charge >= 0.3 is 252 Å². The number of ether oxygens (including phenoxy) is 1. The molecule has 0 radical (unpaired) electrons. The number of rotatable bonds is 10. The van der Waals surface area contributed by atoms with Crippen LogP contribution in [0.25, 0.3) is 0 Å². The Kier molecular flexibility index (Phi) is 9.55. The van der Waals surface area contributed by atoms with Gasteiger partial charge in [0.05, 0.1) is 0 Å². The van der Waals surface area contributed by atoms with E-state index in [1.807, 2.05) is 52.0 Å². The number of hydrogen-bond donors (Lipinski definition) is 0. The second-order valence-electron chi connectivity index (χ2n) is 12.7. The van der Waals surface area contributed by atoms with E-state index in [-0.39, 0.29) is 17.4 Å². The summed E-state index contributed by atoms with van der Waals surface area (Å²) in [5.74, 6) is -0.292. The molecule has 40 heavy (non-hydrogen) atoms. The molecule has 218 valence electrons. The molecule has 5 nitrogen and oxygen atoms in total. The summed E-state index contributed by atoms with van der Waals surface area (Å²) in [4.78, 5) is 14.8. The van der Waals surface area contributed by atoms with Gasteiger partial charge in [0, 0.05) is 0 Å². The zero-order valence-electron chi connectivity index (χ0n) is 24.8. The van der Waals surface area contributed by atoms with Crippen molar-refractivity contribution in [2.24, 2.45) is 5.41 Å². The number of unbranched alkanes of at least 4 members (excludes halogenated alkanes) is 2. The molecule has 0 bridgehead atoms. The maximum absolute atomic E-state index is 14.5. The molecule has 0 spiro atoms. The average Bonchev–Trinajstić information content (AvgIpc) is 3.38. The SMILES string of the molecule is CCC[CH2][Sn]1([CH2]CCC)[CH]=C2CN(S(=O)(=O)c3ccc(C)cc3)[C@@H](c3ccc(Cl)cc3)[C@@]2(C(=O)OC(C)(C)C)[CH2]1. The number of nitrogens with zero attached hydrogens (tertiary/aromatic N) is 1. The monoisotopic (exact) mass is 693 g/mol. The summed E-state index contributed by atoms with van der Waals surface area (Å²) in [5, 5.41) is 0.572. The van der Waals surface area contributed by atoms with E-state index in [1.54, 1.807) is 28.6 Å². The van der Waals surface area contributed by atoms with Gasteiger partial charge in [-0.3, -0.25) is 0 Å². The normalized spacial score (nSPS) is 22.7. The van der Waals surface area contributed by atoms with Crippen molar-refractivity contribution in [3.8, 4) is 0 Å². The van der Waals surface area contributed by atoms with Gasteiger partial charge in [-0.1, -0.05) is 0 Å². The van der Waals surface area contributed by atoms with Crippen LogP contribution in [0.4, 0.5) is 0 Å². The standard InChI is InChI=1S/C24H26ClNO4S.2C4H9.Sn/c1-16-7-13-20(14-8-16)31(28,29)26-15-17(2)24(6,22(27)30-23(3,4)5)21(26)18-9-11-19(25)12-10-18;2*1-3-4-2;/h2,7-14,21H,6,15H2,1,3-5H3;2*1,3-4H2,2H3;/t21-,24+;;;/m0.../s1. The fraction of sp³-hybridized carbons (Fsp3) is 0.531. The Morgan fingerprint density at radius 2 is 1.60 bits per heavy atom. The fourth-order valence-corrected chi connectivity index (χ4v) is 25.1. The molecule has 0 unspecified atom stereocenters. The molecule has 2 aromatic rings. The summed E-state index contributed by atoms with van der Waals surface area (Å²) < 4.78 is 42.0. The third kappa shape index (κ3) is 6.20. The van der Waals surface area contributed by atoms with Crippen LogP contribution in [0.3, 0.4) is 0 Å². The molecular weight excluding hydrogens is 649 g/mol. The van der Waals surface area contributed by atoms with Gasteiger partial charge in [0.25, 0.3) is 0 Å². The van der Waals surface area contributed by atoms with Crippen LogP contribution in [0.1, 0.15) is 77.5 Å². The second-order valence-corrected chi connectivity index (χ2v) is 27.5. The third-order valence-electron chi connectivity index (χ3n) is 8.40. The molecule has 0 N–H and O–H groups in total. The Bertz CT molecular complexity index is 1340. The van der Waals surface area contributed by atoms with Crippen LogP contribution in [0.2, 0.25) is 18.3 Å². The Labute approximate surface area is 250 Å². The first-order valence-electron chi connectivity index (χ1n) is 14.6. The van der Waals surface area contributed by atoms with E-state index in [0.717, 1.165) is 46.8 Å². The number of carbonyl (C=O) groups excluding carboxylic acids is 1. The van der Waals surface area contributed by atoms with E-state index in [2.05, 4.69) is 17.9 Å². The number of benzene rings is 2. The third-order valence-corrected chi connectivity index (χ3v) is 24.5. The van der Waals surface area contributed by atoms with Crippen molar-refractivity contribution in [2.45, 2.75) is 97.1 Å². The molecule has 1 saturated heterocycles. The number of carbonyl (C=O) groups is 1. The number of halogens is 1. The van der Waals surface area contributed by atoms with Crippen LogP contribution >= 0.6 is 11.6 Å². The summed E-state index contributed by atoms with van der Waals surface area (Å²) in [6, 6.07) is 13.6. The van der Waals surface area contributed by atoms with Crippen LogP contribution < -0.4 is 0 Å². The van der Waals surface area contributed by atoms with Gasteiger partial charge in [0.1, 0.15) is 0 Å². The van der Waals surface area contributed by atoms with E-state index in [0.29, 0.717) is 5.02 Å². The predicted octanol–water partition coefficient (Wildman–Crippen LogP) is 8.25. The van der Waals surface area contributed by atoms with Gasteiger partial charge in [0.15, 0.2) is 0 Å². The van der Waals surface area contributed by atoms with Crippen molar-refractivity contribution in [3.63, 3.8) is 0 Å². The minimum absolute atomic E-state index is 0.208. The molecule has 0 saturated carbocycles. The minimum atomic E-state index is -3.92. The zero-order valence-corrected chi connectivity index (χ0v) is 29.2. The molecule has 0 aliphatic carbocycles. The van der Waals surface area contributed by atoms with Crippen LogP contribution in [0.5, 0.6) is 0 Å². The molecule has 0 aromatic heterocycles. The van der Waals surface area contributed by atoms with Crippen molar-refractivity contribution in [1.29, 1.82) is 0 Å². The molecular formula is C32H44ClNO4SSn. The summed E-state index contributed by atoms with van der Waals surface area (Å²) in [5.41, 5.74) is 1.00. The molecule has 2 atom stereocenters. The van der Waals surface area contributed by atoms with Gasteiger partial charge in [-0.05, 0) is 0 Å². The predicted molar refractivity (Wildman–Crippen MR) is 166 cm³/mol. The van der Waals surface area contributed by atoms with E-state index in [4.69, 9.17) is 16.3 Å². The van der Waals surface area contributed by atoms with E-state index < -0.39 is 45.5 Å². The second kappa shape index (κ2) is 12.1. The first kappa shape index (κ1) is 31.6. The van der Waals surface area contributed by atoms with Crippen LogP contribution in [-0.2, 0) is 19.6 Å². The van der Waals surface area contributed by atoms with Gasteiger partial charge in [0.2, 0.25) is 0 Å². The number of aryl methyl sites for hydroxylation is 1. The quantitative estimate of drug-likeness (QED) is 0.186. The number of esters is 1. The summed E-state index contributed by atoms with van der Waals surface area (Å²) in [6.07, 6.45) is 4.51. The maximum atomic E-state index is 14.5.